The average Bonchev–Trinajstić information content (AvgIpc) is 3.14. The predicted octanol–water partition coefficient (Wildman–Crippen LogP) is 3.11. The van der Waals surface area contributed by atoms with Crippen LogP contribution >= 0.6 is 0 Å². The number of aryl methyl sites for hydroxylation is 1. The van der Waals surface area contributed by atoms with Crippen LogP contribution in [0.15, 0.2) is 24.4 Å². The van der Waals surface area contributed by atoms with Gasteiger partial charge in [0.2, 0.25) is 0 Å². The van der Waals surface area contributed by atoms with Crippen molar-refractivity contribution in [2.45, 2.75) is 46.2 Å². The number of amides is 1. The third-order valence-corrected chi connectivity index (χ3v) is 4.48. The molecule has 0 aliphatic carbocycles. The smallest absolute Gasteiger partial charge is 0.256 e. The van der Waals surface area contributed by atoms with Crippen molar-refractivity contribution < 1.29 is 4.79 Å². The van der Waals surface area contributed by atoms with Crippen LogP contribution in [0.25, 0.3) is 11.0 Å². The molecule has 25 heavy (non-hydrogen) atoms. The van der Waals surface area contributed by atoms with Crippen molar-refractivity contribution in [2.24, 2.45) is 0 Å². The summed E-state index contributed by atoms with van der Waals surface area (Å²) >= 11 is 0. The van der Waals surface area contributed by atoms with Crippen LogP contribution in [0, 0.1) is 6.92 Å². The summed E-state index contributed by atoms with van der Waals surface area (Å²) in [6.07, 6.45) is 1.86. The van der Waals surface area contributed by atoms with Crippen LogP contribution in [-0.2, 0) is 18.5 Å². The summed E-state index contributed by atoms with van der Waals surface area (Å²) in [6, 6.07) is 5.65. The van der Waals surface area contributed by atoms with Gasteiger partial charge in [0.1, 0.15) is 17.2 Å². The van der Waals surface area contributed by atoms with Crippen molar-refractivity contribution >= 4 is 16.9 Å². The number of rotatable bonds is 1. The number of imidazole rings is 1. The van der Waals surface area contributed by atoms with Gasteiger partial charge in [0.05, 0.1) is 23.3 Å². The molecule has 0 saturated carbocycles. The molecule has 1 amide bonds. The van der Waals surface area contributed by atoms with E-state index in [4.69, 9.17) is 4.98 Å². The number of para-hydroxylation sites is 1. The average molecular weight is 335 g/mol. The molecule has 0 bridgehead atoms. The maximum atomic E-state index is 13.0. The van der Waals surface area contributed by atoms with Crippen LogP contribution in [0.4, 0.5) is 0 Å². The number of nitrogens with one attached hydrogen (secondary N) is 1. The molecule has 2 aromatic heterocycles. The SMILES string of the molecule is Cc1nc2c(C(=O)N3Cc4cnc(C(C)(C)C)nc4C3)cccc2[nH]1. The van der Waals surface area contributed by atoms with Crippen molar-refractivity contribution in [2.75, 3.05) is 0 Å². The minimum absolute atomic E-state index is 0.0209. The van der Waals surface area contributed by atoms with Crippen molar-refractivity contribution in [3.63, 3.8) is 0 Å². The van der Waals surface area contributed by atoms with Gasteiger partial charge < -0.3 is 9.88 Å². The van der Waals surface area contributed by atoms with Gasteiger partial charge in [0.25, 0.3) is 5.91 Å². The minimum Gasteiger partial charge on any atom is -0.342 e. The number of nitrogens with zero attached hydrogens (tertiary/aromatic N) is 4. The second-order valence-electron chi connectivity index (χ2n) is 7.60. The summed E-state index contributed by atoms with van der Waals surface area (Å²) in [4.78, 5) is 31.7. The van der Waals surface area contributed by atoms with E-state index in [1.54, 1.807) is 0 Å². The van der Waals surface area contributed by atoms with Gasteiger partial charge in [-0.25, -0.2) is 15.0 Å². The Kier molecular flexibility index (Phi) is 3.39. The Labute approximate surface area is 146 Å². The maximum absolute atomic E-state index is 13.0. The zero-order valence-corrected chi connectivity index (χ0v) is 14.9. The molecule has 6 heteroatoms. The monoisotopic (exact) mass is 335 g/mol. The third kappa shape index (κ3) is 2.67. The number of aromatic amines is 1. The van der Waals surface area contributed by atoms with E-state index in [2.05, 4.69) is 35.7 Å². The van der Waals surface area contributed by atoms with E-state index in [1.807, 2.05) is 36.2 Å². The molecule has 0 radical (unpaired) electrons. The summed E-state index contributed by atoms with van der Waals surface area (Å²) in [5.41, 5.74) is 4.09. The summed E-state index contributed by atoms with van der Waals surface area (Å²) in [5.74, 6) is 1.60. The fourth-order valence-corrected chi connectivity index (χ4v) is 3.16. The van der Waals surface area contributed by atoms with Crippen molar-refractivity contribution in [3.05, 3.63) is 52.9 Å². The lowest BCUT2D eigenvalue weighted by Crippen LogP contribution is -2.25. The predicted molar refractivity (Wildman–Crippen MR) is 95.1 cm³/mol. The molecular formula is C19H21N5O. The lowest BCUT2D eigenvalue weighted by molar-refractivity contribution is 0.0752. The molecule has 1 aliphatic rings. The minimum atomic E-state index is -0.107. The first-order chi connectivity index (χ1) is 11.8. The third-order valence-electron chi connectivity index (χ3n) is 4.48. The van der Waals surface area contributed by atoms with Crippen LogP contribution in [-0.4, -0.2) is 30.7 Å². The van der Waals surface area contributed by atoms with Gasteiger partial charge in [-0.3, -0.25) is 4.79 Å². The van der Waals surface area contributed by atoms with Gasteiger partial charge in [-0.2, -0.15) is 0 Å². The molecule has 6 nitrogen and oxygen atoms in total. The van der Waals surface area contributed by atoms with E-state index in [0.717, 1.165) is 33.9 Å². The van der Waals surface area contributed by atoms with E-state index in [9.17, 15) is 4.79 Å². The Morgan fingerprint density at radius 1 is 1.20 bits per heavy atom. The number of carbonyl (C=O) groups excluding carboxylic acids is 1. The molecule has 1 aromatic carbocycles. The highest BCUT2D eigenvalue weighted by molar-refractivity contribution is 6.05. The lowest BCUT2D eigenvalue weighted by atomic mass is 9.95. The normalized spacial score (nSPS) is 14.2. The largest absolute Gasteiger partial charge is 0.342 e. The molecule has 0 saturated heterocycles. The second kappa shape index (κ2) is 5.37. The van der Waals surface area contributed by atoms with Gasteiger partial charge >= 0.3 is 0 Å². The van der Waals surface area contributed by atoms with Crippen LogP contribution in [0.5, 0.6) is 0 Å². The number of aromatic nitrogens is 4. The lowest BCUT2D eigenvalue weighted by Gasteiger charge is -2.16. The Bertz CT molecular complexity index is 983. The van der Waals surface area contributed by atoms with Crippen molar-refractivity contribution in [3.8, 4) is 0 Å². The number of hydrogen-bond acceptors (Lipinski definition) is 4. The number of H-pyrrole nitrogens is 1. The van der Waals surface area contributed by atoms with Gasteiger partial charge in [-0.1, -0.05) is 26.8 Å². The highest BCUT2D eigenvalue weighted by Crippen LogP contribution is 2.27. The molecular weight excluding hydrogens is 314 g/mol. The van der Waals surface area contributed by atoms with Gasteiger partial charge in [0, 0.05) is 23.7 Å². The highest BCUT2D eigenvalue weighted by Gasteiger charge is 2.29. The quantitative estimate of drug-likeness (QED) is 0.741. The highest BCUT2D eigenvalue weighted by atomic mass is 16.2. The molecule has 0 atom stereocenters. The summed E-state index contributed by atoms with van der Waals surface area (Å²) in [5, 5.41) is 0. The molecule has 1 N–H and O–H groups in total. The number of fused-ring (bicyclic) bond motifs is 2. The van der Waals surface area contributed by atoms with Crippen molar-refractivity contribution in [1.82, 2.24) is 24.8 Å². The molecule has 3 aromatic rings. The maximum Gasteiger partial charge on any atom is 0.256 e. The zero-order valence-electron chi connectivity index (χ0n) is 14.9. The molecule has 3 heterocycles. The second-order valence-corrected chi connectivity index (χ2v) is 7.60. The Morgan fingerprint density at radius 3 is 2.76 bits per heavy atom. The molecule has 0 spiro atoms. The van der Waals surface area contributed by atoms with Gasteiger partial charge in [-0.15, -0.1) is 0 Å². The van der Waals surface area contributed by atoms with Gasteiger partial charge in [0.15, 0.2) is 0 Å². The van der Waals surface area contributed by atoms with Crippen LogP contribution in [0.3, 0.4) is 0 Å². The summed E-state index contributed by atoms with van der Waals surface area (Å²) in [7, 11) is 0. The molecule has 128 valence electrons. The van der Waals surface area contributed by atoms with Crippen LogP contribution < -0.4 is 0 Å². The molecule has 1 aliphatic heterocycles. The Balaban J connectivity index is 1.66. The fourth-order valence-electron chi connectivity index (χ4n) is 3.16. The molecule has 4 rings (SSSR count). The fraction of sp³-hybridized carbons (Fsp3) is 0.368. The van der Waals surface area contributed by atoms with Crippen LogP contribution in [0.1, 0.15) is 54.0 Å². The number of carbonyl (C=O) groups is 1. The van der Waals surface area contributed by atoms with Crippen molar-refractivity contribution in [1.29, 1.82) is 0 Å². The number of benzene rings is 1. The van der Waals surface area contributed by atoms with E-state index in [0.29, 0.717) is 18.7 Å². The Hall–Kier alpha value is -2.76. The van der Waals surface area contributed by atoms with E-state index < -0.39 is 0 Å². The first kappa shape index (κ1) is 15.7. The zero-order chi connectivity index (χ0) is 17.8. The summed E-state index contributed by atoms with van der Waals surface area (Å²) in [6.45, 7) is 9.22. The van der Waals surface area contributed by atoms with Crippen LogP contribution in [0.2, 0.25) is 0 Å². The van der Waals surface area contributed by atoms with E-state index in [1.165, 1.54) is 0 Å². The van der Waals surface area contributed by atoms with Gasteiger partial charge in [-0.05, 0) is 19.1 Å². The first-order valence-corrected chi connectivity index (χ1v) is 8.43. The Morgan fingerprint density at radius 2 is 2.00 bits per heavy atom. The molecule has 0 unspecified atom stereocenters. The molecule has 0 fully saturated rings. The standard InChI is InChI=1S/C19H21N5O/c1-11-21-14-7-5-6-13(16(14)22-11)17(25)24-9-12-8-20-18(19(2,3)4)23-15(12)10-24/h5-8H,9-10H2,1-4H3,(H,21,22). The van der Waals surface area contributed by atoms with E-state index >= 15 is 0 Å². The topological polar surface area (TPSA) is 74.8 Å². The number of hydrogen-bond donors (Lipinski definition) is 1. The summed E-state index contributed by atoms with van der Waals surface area (Å²) < 4.78 is 0. The van der Waals surface area contributed by atoms with E-state index in [-0.39, 0.29) is 11.3 Å². The first-order valence-electron chi connectivity index (χ1n) is 8.43.